The maximum atomic E-state index is 13.0. The number of nitro groups is 1. The van der Waals surface area contributed by atoms with Crippen LogP contribution in [-0.4, -0.2) is 30.4 Å². The predicted molar refractivity (Wildman–Crippen MR) is 122 cm³/mol. The van der Waals surface area contributed by atoms with Gasteiger partial charge in [-0.05, 0) is 38.1 Å². The Bertz CT molecular complexity index is 1460. The summed E-state index contributed by atoms with van der Waals surface area (Å²) in [5.74, 6) is -0.478. The number of amides is 1. The van der Waals surface area contributed by atoms with Gasteiger partial charge in [-0.15, -0.1) is 0 Å². The van der Waals surface area contributed by atoms with Gasteiger partial charge in [-0.2, -0.15) is 10.2 Å². The number of carbonyl (C=O) groups is 1. The molecule has 2 heterocycles. The number of aromatic nitrogens is 4. The van der Waals surface area contributed by atoms with Gasteiger partial charge in [-0.3, -0.25) is 19.7 Å². The number of anilines is 1. The molecular formula is C22H17ClN6O4. The molecule has 0 unspecified atom stereocenters. The first kappa shape index (κ1) is 21.9. The zero-order chi connectivity index (χ0) is 23.7. The molecule has 4 rings (SSSR count). The second kappa shape index (κ2) is 8.67. The Morgan fingerprint density at radius 3 is 2.52 bits per heavy atom. The van der Waals surface area contributed by atoms with Crippen molar-refractivity contribution in [1.82, 2.24) is 19.6 Å². The molecule has 1 amide bonds. The maximum absolute atomic E-state index is 13.0. The van der Waals surface area contributed by atoms with E-state index in [0.29, 0.717) is 27.9 Å². The van der Waals surface area contributed by atoms with Gasteiger partial charge in [0.15, 0.2) is 5.69 Å². The molecule has 1 N–H and O–H groups in total. The number of hydrogen-bond acceptors (Lipinski definition) is 6. The van der Waals surface area contributed by atoms with Crippen molar-refractivity contribution >= 4 is 29.0 Å². The summed E-state index contributed by atoms with van der Waals surface area (Å²) in [5, 5.41) is 23.1. The third-order valence-electron chi connectivity index (χ3n) is 4.76. The summed E-state index contributed by atoms with van der Waals surface area (Å²) in [6.07, 6.45) is 0. The van der Waals surface area contributed by atoms with Gasteiger partial charge in [0.1, 0.15) is 11.5 Å². The van der Waals surface area contributed by atoms with Crippen LogP contribution < -0.4 is 10.7 Å². The second-order valence-electron chi connectivity index (χ2n) is 7.17. The molecule has 10 nitrogen and oxygen atoms in total. The van der Waals surface area contributed by atoms with Crippen LogP contribution in [0.15, 0.2) is 65.5 Å². The van der Waals surface area contributed by atoms with E-state index in [4.69, 9.17) is 11.6 Å². The van der Waals surface area contributed by atoms with E-state index in [2.05, 4.69) is 15.5 Å². The summed E-state index contributed by atoms with van der Waals surface area (Å²) < 4.78 is 2.68. The molecule has 0 saturated carbocycles. The number of nitrogens with one attached hydrogen (secondary N) is 1. The predicted octanol–water partition coefficient (Wildman–Crippen LogP) is 3.85. The Morgan fingerprint density at radius 2 is 1.79 bits per heavy atom. The van der Waals surface area contributed by atoms with Crippen LogP contribution in [0.4, 0.5) is 11.5 Å². The summed E-state index contributed by atoms with van der Waals surface area (Å²) in [7, 11) is 0. The van der Waals surface area contributed by atoms with Gasteiger partial charge >= 0.3 is 0 Å². The highest BCUT2D eigenvalue weighted by Gasteiger charge is 2.21. The van der Waals surface area contributed by atoms with Gasteiger partial charge in [0.2, 0.25) is 5.43 Å². The van der Waals surface area contributed by atoms with E-state index in [9.17, 15) is 19.7 Å². The molecule has 0 aliphatic heterocycles. The highest BCUT2D eigenvalue weighted by Crippen LogP contribution is 2.23. The van der Waals surface area contributed by atoms with Crippen LogP contribution in [0.25, 0.3) is 11.4 Å². The first-order valence-corrected chi connectivity index (χ1v) is 10.1. The first-order valence-electron chi connectivity index (χ1n) is 9.73. The molecule has 0 atom stereocenters. The molecule has 11 heteroatoms. The van der Waals surface area contributed by atoms with E-state index in [1.165, 1.54) is 33.6 Å². The zero-order valence-corrected chi connectivity index (χ0v) is 18.3. The Hall–Kier alpha value is -4.31. The Morgan fingerprint density at radius 1 is 1.03 bits per heavy atom. The van der Waals surface area contributed by atoms with Crippen molar-refractivity contribution in [2.75, 3.05) is 5.32 Å². The minimum absolute atomic E-state index is 0.133. The summed E-state index contributed by atoms with van der Waals surface area (Å²) in [6.45, 7) is 3.33. The molecule has 2 aromatic heterocycles. The van der Waals surface area contributed by atoms with Crippen LogP contribution in [0.5, 0.6) is 0 Å². The molecule has 0 fully saturated rings. The van der Waals surface area contributed by atoms with Crippen LogP contribution in [0.1, 0.15) is 21.9 Å². The Labute approximate surface area is 192 Å². The van der Waals surface area contributed by atoms with Crippen LogP contribution >= 0.6 is 11.6 Å². The van der Waals surface area contributed by atoms with Crippen molar-refractivity contribution in [2.24, 2.45) is 0 Å². The van der Waals surface area contributed by atoms with Crippen LogP contribution in [0.2, 0.25) is 5.02 Å². The van der Waals surface area contributed by atoms with Gasteiger partial charge in [0.05, 0.1) is 16.3 Å². The molecule has 2 aromatic carbocycles. The van der Waals surface area contributed by atoms with Gasteiger partial charge in [-0.1, -0.05) is 29.8 Å². The van der Waals surface area contributed by atoms with Crippen LogP contribution in [0, 0.1) is 24.0 Å². The lowest BCUT2D eigenvalue weighted by molar-refractivity contribution is -0.384. The number of aryl methyl sites for hydroxylation is 2. The fourth-order valence-electron chi connectivity index (χ4n) is 3.31. The summed E-state index contributed by atoms with van der Waals surface area (Å²) in [6, 6.07) is 15.7. The SMILES string of the molecule is Cc1cc(NC(=O)c2nn(-c3ccccc3[N+](=O)[O-])c(C)cc2=O)n(-c2cccc(Cl)c2)n1. The summed E-state index contributed by atoms with van der Waals surface area (Å²) >= 11 is 6.07. The average Bonchev–Trinajstić information content (AvgIpc) is 3.13. The van der Waals surface area contributed by atoms with Gasteiger partial charge in [0.25, 0.3) is 11.6 Å². The minimum atomic E-state index is -0.782. The number of carbonyl (C=O) groups excluding carboxylic acids is 1. The topological polar surface area (TPSA) is 125 Å². The number of nitrogens with zero attached hydrogens (tertiary/aromatic N) is 5. The molecule has 33 heavy (non-hydrogen) atoms. The van der Waals surface area contributed by atoms with Crippen molar-refractivity contribution < 1.29 is 9.72 Å². The summed E-state index contributed by atoms with van der Waals surface area (Å²) in [4.78, 5) is 36.5. The molecular weight excluding hydrogens is 448 g/mol. The molecule has 0 bridgehead atoms. The van der Waals surface area contributed by atoms with Gasteiger partial charge in [0, 0.05) is 28.9 Å². The smallest absolute Gasteiger partial charge is 0.294 e. The van der Waals surface area contributed by atoms with Crippen molar-refractivity contribution in [1.29, 1.82) is 0 Å². The number of halogens is 1. The quantitative estimate of drug-likeness (QED) is 0.353. The minimum Gasteiger partial charge on any atom is -0.305 e. The van der Waals surface area contributed by atoms with E-state index in [1.54, 1.807) is 50.2 Å². The molecule has 0 aliphatic rings. The molecule has 4 aromatic rings. The largest absolute Gasteiger partial charge is 0.305 e. The van der Waals surface area contributed by atoms with E-state index in [-0.39, 0.29) is 11.4 Å². The first-order chi connectivity index (χ1) is 15.7. The number of nitro benzene ring substituents is 1. The molecule has 0 aliphatic carbocycles. The molecule has 166 valence electrons. The molecule has 0 spiro atoms. The van der Waals surface area contributed by atoms with E-state index >= 15 is 0 Å². The highest BCUT2D eigenvalue weighted by atomic mass is 35.5. The van der Waals surface area contributed by atoms with Crippen LogP contribution in [0.3, 0.4) is 0 Å². The molecule has 0 saturated heterocycles. The third kappa shape index (κ3) is 4.37. The normalized spacial score (nSPS) is 10.8. The Kier molecular flexibility index (Phi) is 5.76. The maximum Gasteiger partial charge on any atom is 0.294 e. The van der Waals surface area contributed by atoms with E-state index < -0.39 is 22.0 Å². The third-order valence-corrected chi connectivity index (χ3v) is 4.99. The lowest BCUT2D eigenvalue weighted by Crippen LogP contribution is -2.27. The lowest BCUT2D eigenvalue weighted by Gasteiger charge is -2.12. The number of benzene rings is 2. The lowest BCUT2D eigenvalue weighted by atomic mass is 10.2. The fraction of sp³-hybridized carbons (Fsp3) is 0.0909. The zero-order valence-electron chi connectivity index (χ0n) is 17.5. The van der Waals surface area contributed by atoms with Crippen LogP contribution in [-0.2, 0) is 0 Å². The number of rotatable bonds is 5. The number of para-hydroxylation sites is 2. The second-order valence-corrected chi connectivity index (χ2v) is 7.61. The fourth-order valence-corrected chi connectivity index (χ4v) is 3.50. The highest BCUT2D eigenvalue weighted by molar-refractivity contribution is 6.30. The number of hydrogen-bond donors (Lipinski definition) is 1. The van der Waals surface area contributed by atoms with E-state index in [0.717, 1.165) is 0 Å². The van der Waals surface area contributed by atoms with E-state index in [1.807, 2.05) is 0 Å². The van der Waals surface area contributed by atoms with Crippen molar-refractivity contribution in [3.63, 3.8) is 0 Å². The van der Waals surface area contributed by atoms with Crippen molar-refractivity contribution in [3.05, 3.63) is 103 Å². The monoisotopic (exact) mass is 464 g/mol. The van der Waals surface area contributed by atoms with Gasteiger partial charge in [-0.25, -0.2) is 9.36 Å². The van der Waals surface area contributed by atoms with Gasteiger partial charge < -0.3 is 5.32 Å². The van der Waals surface area contributed by atoms with Crippen molar-refractivity contribution in [2.45, 2.75) is 13.8 Å². The Balaban J connectivity index is 1.75. The standard InChI is InChI=1S/C22H17ClN6O4/c1-13-10-20(28(25-13)16-7-5-6-15(23)12-16)24-22(31)21-19(30)11-14(2)27(26-21)17-8-3-4-9-18(17)29(32)33/h3-12H,1-2H3,(H,24,31). The summed E-state index contributed by atoms with van der Waals surface area (Å²) in [5.41, 5.74) is 0.456. The average molecular weight is 465 g/mol. The van der Waals surface area contributed by atoms with Crippen molar-refractivity contribution in [3.8, 4) is 11.4 Å². The molecule has 0 radical (unpaired) electrons.